The van der Waals surface area contributed by atoms with Crippen LogP contribution in [0.15, 0.2) is 40.8 Å². The van der Waals surface area contributed by atoms with E-state index in [1.54, 1.807) is 12.1 Å². The molecule has 1 aromatic heterocycles. The zero-order valence-corrected chi connectivity index (χ0v) is 18.2. The van der Waals surface area contributed by atoms with Gasteiger partial charge in [-0.05, 0) is 24.5 Å². The second-order valence-corrected chi connectivity index (χ2v) is 9.41. The molecular weight excluding hydrogens is 452 g/mol. The molecule has 0 saturated heterocycles. The summed E-state index contributed by atoms with van der Waals surface area (Å²) in [6, 6.07) is 3.01. The lowest BCUT2D eigenvalue weighted by Gasteiger charge is -2.47. The summed E-state index contributed by atoms with van der Waals surface area (Å²) in [6.45, 7) is 0. The van der Waals surface area contributed by atoms with Crippen LogP contribution in [0.2, 0.25) is 0 Å². The molecule has 2 unspecified atom stereocenters. The molecule has 0 radical (unpaired) electrons. The number of carbonyl (C=O) groups is 1. The van der Waals surface area contributed by atoms with Gasteiger partial charge >= 0.3 is 0 Å². The maximum absolute atomic E-state index is 13.9. The first-order valence-electron chi connectivity index (χ1n) is 10.2. The molecule has 2 atom stereocenters. The van der Waals surface area contributed by atoms with E-state index < -0.39 is 34.4 Å². The van der Waals surface area contributed by atoms with E-state index in [2.05, 4.69) is 11.4 Å². The van der Waals surface area contributed by atoms with Crippen LogP contribution < -0.4 is 15.8 Å². The Labute approximate surface area is 190 Å². The van der Waals surface area contributed by atoms with Crippen LogP contribution in [-0.2, 0) is 6.42 Å². The first kappa shape index (κ1) is 21.4. The Morgan fingerprint density at radius 3 is 2.73 bits per heavy atom. The lowest BCUT2D eigenvalue weighted by molar-refractivity contribution is 0.0812. The van der Waals surface area contributed by atoms with Gasteiger partial charge in [0.25, 0.3) is 5.91 Å². The second-order valence-electron chi connectivity index (χ2n) is 8.30. The molecule has 2 aliphatic carbocycles. The predicted molar refractivity (Wildman–Crippen MR) is 120 cm³/mol. The lowest BCUT2D eigenvalue weighted by atomic mass is 10.0. The Hall–Kier alpha value is -3.47. The zero-order valence-electron chi connectivity index (χ0n) is 17.4. The van der Waals surface area contributed by atoms with E-state index in [0.717, 1.165) is 12.5 Å². The summed E-state index contributed by atoms with van der Waals surface area (Å²) in [4.78, 5) is 25.6. The smallest absolute Gasteiger partial charge is 0.275 e. The van der Waals surface area contributed by atoms with Crippen molar-refractivity contribution in [1.82, 2.24) is 9.99 Å². The summed E-state index contributed by atoms with van der Waals surface area (Å²) in [6.07, 6.45) is 4.71. The highest BCUT2D eigenvalue weighted by molar-refractivity contribution is 8.26. The van der Waals surface area contributed by atoms with Crippen molar-refractivity contribution >= 4 is 27.8 Å². The molecular formula is C22H19F2N5O3S. The van der Waals surface area contributed by atoms with Gasteiger partial charge in [0, 0.05) is 31.6 Å². The quantitative estimate of drug-likeness (QED) is 0.311. The van der Waals surface area contributed by atoms with E-state index in [9.17, 15) is 23.5 Å². The van der Waals surface area contributed by atoms with Gasteiger partial charge < -0.3 is 10.4 Å². The van der Waals surface area contributed by atoms with E-state index in [0.29, 0.717) is 24.2 Å². The summed E-state index contributed by atoms with van der Waals surface area (Å²) in [5.74, 6) is -2.81. The zero-order chi connectivity index (χ0) is 23.7. The second kappa shape index (κ2) is 7.27. The fourth-order valence-corrected chi connectivity index (χ4v) is 5.35. The minimum atomic E-state index is -0.907. The molecule has 1 aliphatic heterocycles. The fourth-order valence-electron chi connectivity index (χ4n) is 4.62. The molecule has 4 N–H and O–H groups in total. The number of carbonyl (C=O) groups excluding carboxylic acids is 1. The number of aromatic hydroxyl groups is 1. The number of benzene rings is 1. The van der Waals surface area contributed by atoms with Gasteiger partial charge in [0.15, 0.2) is 11.4 Å². The normalized spacial score (nSPS) is 22.5. The minimum absolute atomic E-state index is 0.0808. The number of amides is 1. The van der Waals surface area contributed by atoms with Gasteiger partial charge in [-0.3, -0.25) is 30.1 Å². The molecule has 2 heterocycles. The Morgan fingerprint density at radius 1 is 1.33 bits per heavy atom. The number of halogens is 2. The van der Waals surface area contributed by atoms with Crippen LogP contribution in [0.4, 0.5) is 8.78 Å². The van der Waals surface area contributed by atoms with Gasteiger partial charge in [-0.15, -0.1) is 0 Å². The number of hydrogen-bond donors (Lipinski definition) is 4. The number of nitrogens with one attached hydrogen (secondary N) is 3. The molecule has 0 bridgehead atoms. The maximum atomic E-state index is 13.9. The molecule has 33 heavy (non-hydrogen) atoms. The molecule has 11 heteroatoms. The number of pyridine rings is 1. The van der Waals surface area contributed by atoms with E-state index in [4.69, 9.17) is 10.8 Å². The number of rotatable bonds is 3. The van der Waals surface area contributed by atoms with Crippen LogP contribution in [0, 0.1) is 28.4 Å². The molecule has 1 saturated carbocycles. The van der Waals surface area contributed by atoms with E-state index >= 15 is 0 Å². The summed E-state index contributed by atoms with van der Waals surface area (Å²) >= 11 is 0.621. The standard InChI is InChI=1S/C22H19F2N5O3S/c1-28-22(5-4-10-6-14(10)22)27-21(32)17-19(31)18(30)13(9-29(17)28)20(26)33-16(25)7-11-2-3-12(23)8-15(11)24/h2-3,6,8-9,14,25-26,31H,4-5,7H2,1H3,(H,27,32). The first-order valence-corrected chi connectivity index (χ1v) is 11.0. The van der Waals surface area contributed by atoms with E-state index in [1.165, 1.54) is 22.5 Å². The number of aromatic nitrogens is 1. The highest BCUT2D eigenvalue weighted by atomic mass is 32.2. The van der Waals surface area contributed by atoms with Crippen molar-refractivity contribution in [1.29, 1.82) is 10.8 Å². The first-order chi connectivity index (χ1) is 15.6. The Balaban J connectivity index is 1.44. The van der Waals surface area contributed by atoms with Crippen molar-refractivity contribution in [3.63, 3.8) is 0 Å². The fraction of sp³-hybridized carbons (Fsp3) is 0.273. The highest BCUT2D eigenvalue weighted by Gasteiger charge is 2.57. The van der Waals surface area contributed by atoms with Crippen molar-refractivity contribution in [2.75, 3.05) is 12.1 Å². The van der Waals surface area contributed by atoms with Gasteiger partial charge in [-0.2, -0.15) is 0 Å². The highest BCUT2D eigenvalue weighted by Crippen LogP contribution is 2.52. The average molecular weight is 471 g/mol. The van der Waals surface area contributed by atoms with Crippen molar-refractivity contribution in [3.05, 3.63) is 74.7 Å². The van der Waals surface area contributed by atoms with Crippen LogP contribution in [0.25, 0.3) is 0 Å². The summed E-state index contributed by atoms with van der Waals surface area (Å²) < 4.78 is 28.4. The van der Waals surface area contributed by atoms with Crippen LogP contribution in [0.3, 0.4) is 0 Å². The molecule has 3 aliphatic rings. The monoisotopic (exact) mass is 471 g/mol. The summed E-state index contributed by atoms with van der Waals surface area (Å²) in [5, 5.41) is 31.2. The predicted octanol–water partition coefficient (Wildman–Crippen LogP) is 2.47. The van der Waals surface area contributed by atoms with Crippen molar-refractivity contribution in [2.45, 2.75) is 24.9 Å². The number of thioether (sulfide) groups is 1. The van der Waals surface area contributed by atoms with Gasteiger partial charge in [0.1, 0.15) is 22.3 Å². The van der Waals surface area contributed by atoms with Gasteiger partial charge in [-0.25, -0.2) is 8.78 Å². The van der Waals surface area contributed by atoms with E-state index in [1.807, 2.05) is 0 Å². The van der Waals surface area contributed by atoms with Crippen LogP contribution in [-0.4, -0.2) is 38.5 Å². The van der Waals surface area contributed by atoms with Crippen LogP contribution in [0.1, 0.15) is 34.5 Å². The third kappa shape index (κ3) is 3.26. The van der Waals surface area contributed by atoms with Gasteiger partial charge in [0.2, 0.25) is 5.43 Å². The van der Waals surface area contributed by atoms with Crippen molar-refractivity contribution < 1.29 is 18.7 Å². The Morgan fingerprint density at radius 2 is 2.09 bits per heavy atom. The van der Waals surface area contributed by atoms with Crippen LogP contribution in [0.5, 0.6) is 5.75 Å². The van der Waals surface area contributed by atoms with Gasteiger partial charge in [-0.1, -0.05) is 29.5 Å². The third-order valence-corrected chi connectivity index (χ3v) is 7.24. The summed E-state index contributed by atoms with van der Waals surface area (Å²) in [7, 11) is 1.74. The SMILES string of the molecule is CN1n2cc(C(=N)SC(=N)Cc3ccc(F)cc3F)c(=O)c(O)c2C(=O)NC12CCC1=CC12. The van der Waals surface area contributed by atoms with Gasteiger partial charge in [0.05, 0.1) is 10.6 Å². The molecule has 1 spiro atoms. The molecule has 1 amide bonds. The lowest BCUT2D eigenvalue weighted by Crippen LogP contribution is -2.68. The van der Waals surface area contributed by atoms with E-state index in [-0.39, 0.29) is 39.2 Å². The Kier molecular flexibility index (Phi) is 4.71. The largest absolute Gasteiger partial charge is 0.502 e. The molecule has 1 fully saturated rings. The molecule has 170 valence electrons. The number of fused-ring (bicyclic) bond motifs is 3. The Bertz CT molecular complexity index is 1350. The third-order valence-electron chi connectivity index (χ3n) is 6.43. The van der Waals surface area contributed by atoms with Crippen LogP contribution >= 0.6 is 11.8 Å². The molecule has 2 aromatic rings. The number of hydrogen-bond acceptors (Lipinski definition) is 7. The average Bonchev–Trinajstić information content (AvgIpc) is 3.46. The molecule has 5 rings (SSSR count). The molecule has 8 nitrogen and oxygen atoms in total. The van der Waals surface area contributed by atoms with Crippen molar-refractivity contribution in [3.8, 4) is 5.75 Å². The van der Waals surface area contributed by atoms with Crippen molar-refractivity contribution in [2.24, 2.45) is 5.92 Å². The topological polar surface area (TPSA) is 122 Å². The maximum Gasteiger partial charge on any atom is 0.275 e. The summed E-state index contributed by atoms with van der Waals surface area (Å²) in [5.41, 5.74) is -0.674. The molecule has 1 aromatic carbocycles. The number of nitrogens with zero attached hydrogens (tertiary/aromatic N) is 2. The minimum Gasteiger partial charge on any atom is -0.502 e.